The number of carbonyl (C=O) groups is 1. The van der Waals surface area contributed by atoms with Gasteiger partial charge in [-0.2, -0.15) is 0 Å². The van der Waals surface area contributed by atoms with Crippen molar-refractivity contribution < 1.29 is 20.1 Å². The second kappa shape index (κ2) is 8.48. The zero-order valence-electron chi connectivity index (χ0n) is 20.0. The summed E-state index contributed by atoms with van der Waals surface area (Å²) in [6, 6.07) is 0. The summed E-state index contributed by atoms with van der Waals surface area (Å²) < 4.78 is 0. The van der Waals surface area contributed by atoms with E-state index >= 15 is 0 Å². The fourth-order valence-electron chi connectivity index (χ4n) is 9.01. The predicted molar refractivity (Wildman–Crippen MR) is 122 cm³/mol. The van der Waals surface area contributed by atoms with Crippen LogP contribution in [0.4, 0.5) is 0 Å². The van der Waals surface area contributed by atoms with Gasteiger partial charge in [0.15, 0.2) is 0 Å². The first-order valence-corrected chi connectivity index (χ1v) is 12.8. The van der Waals surface area contributed by atoms with E-state index in [2.05, 4.69) is 20.8 Å². The minimum atomic E-state index is -0.825. The number of aliphatic carboxylic acids is 1. The number of hydrogen-bond donors (Lipinski definition) is 3. The first-order chi connectivity index (χ1) is 14.6. The minimum absolute atomic E-state index is 0.0104. The summed E-state index contributed by atoms with van der Waals surface area (Å²) in [5, 5.41) is 30.9. The first kappa shape index (κ1) is 23.3. The van der Waals surface area contributed by atoms with Gasteiger partial charge in [-0.25, -0.2) is 4.79 Å². The van der Waals surface area contributed by atoms with Gasteiger partial charge in [0.05, 0.1) is 12.2 Å². The van der Waals surface area contributed by atoms with Crippen LogP contribution in [0.1, 0.15) is 91.9 Å². The Balaban J connectivity index is 1.50. The summed E-state index contributed by atoms with van der Waals surface area (Å²) in [5.41, 5.74) is 0.711. The third kappa shape index (κ3) is 3.80. The molecule has 4 nitrogen and oxygen atoms in total. The average Bonchev–Trinajstić information content (AvgIpc) is 3.08. The maximum absolute atomic E-state index is 11.6. The van der Waals surface area contributed by atoms with Crippen LogP contribution in [-0.4, -0.2) is 33.5 Å². The van der Waals surface area contributed by atoms with Crippen molar-refractivity contribution in [1.29, 1.82) is 0 Å². The molecule has 0 unspecified atom stereocenters. The number of carboxylic acid groups (broad SMARTS) is 1. The zero-order valence-corrected chi connectivity index (χ0v) is 20.0. The molecule has 3 N–H and O–H groups in total. The summed E-state index contributed by atoms with van der Waals surface area (Å²) in [6.07, 6.45) is 12.2. The summed E-state index contributed by atoms with van der Waals surface area (Å²) in [5.74, 6) is 2.73. The Morgan fingerprint density at radius 2 is 1.81 bits per heavy atom. The van der Waals surface area contributed by atoms with Gasteiger partial charge in [0.1, 0.15) is 0 Å². The molecular formula is C27H44O4. The van der Waals surface area contributed by atoms with E-state index in [-0.39, 0.29) is 23.0 Å². The molecule has 4 rings (SSSR count). The number of fused-ring (bicyclic) bond motifs is 5. The van der Waals surface area contributed by atoms with E-state index in [1.165, 1.54) is 25.7 Å². The average molecular weight is 433 g/mol. The zero-order chi connectivity index (χ0) is 22.6. The molecule has 4 saturated carbocycles. The van der Waals surface area contributed by atoms with Crippen LogP contribution in [0.5, 0.6) is 0 Å². The Kier molecular flexibility index (Phi) is 6.37. The Labute approximate surface area is 188 Å². The topological polar surface area (TPSA) is 77.8 Å². The predicted octanol–water partition coefficient (Wildman–Crippen LogP) is 5.42. The van der Waals surface area contributed by atoms with E-state index in [1.807, 2.05) is 6.08 Å². The molecule has 0 saturated heterocycles. The van der Waals surface area contributed by atoms with E-state index < -0.39 is 5.97 Å². The molecule has 10 atom stereocenters. The number of hydrogen-bond acceptors (Lipinski definition) is 3. The highest BCUT2D eigenvalue weighted by Crippen LogP contribution is 2.68. The molecule has 0 aliphatic heterocycles. The molecule has 4 aliphatic rings. The van der Waals surface area contributed by atoms with Crippen LogP contribution in [0.3, 0.4) is 0 Å². The number of rotatable bonds is 5. The molecule has 31 heavy (non-hydrogen) atoms. The molecule has 0 aromatic heterocycles. The molecule has 0 radical (unpaired) electrons. The summed E-state index contributed by atoms with van der Waals surface area (Å²) >= 11 is 0. The molecule has 176 valence electrons. The molecule has 4 aliphatic carbocycles. The molecule has 0 aromatic carbocycles. The van der Waals surface area contributed by atoms with Crippen molar-refractivity contribution in [1.82, 2.24) is 0 Å². The Hall–Kier alpha value is -0.870. The lowest BCUT2D eigenvalue weighted by atomic mass is 9.43. The second-order valence-electron chi connectivity index (χ2n) is 12.1. The van der Waals surface area contributed by atoms with E-state index in [9.17, 15) is 15.0 Å². The van der Waals surface area contributed by atoms with Gasteiger partial charge in [0.2, 0.25) is 0 Å². The SMILES string of the molecule is C/C(=C\CC[C@@H](C)[C@H]1CC[C@H]2[C@@H]3CC[C@@H]4C[C@H](O)CC[C@]4(C)[C@H]3C[C@H](O)[C@]12C)C(=O)O. The fourth-order valence-corrected chi connectivity index (χ4v) is 9.01. The van der Waals surface area contributed by atoms with Crippen LogP contribution in [-0.2, 0) is 4.79 Å². The quantitative estimate of drug-likeness (QED) is 0.507. The van der Waals surface area contributed by atoms with Gasteiger partial charge in [0.25, 0.3) is 0 Å². The van der Waals surface area contributed by atoms with Gasteiger partial charge in [0, 0.05) is 5.57 Å². The van der Waals surface area contributed by atoms with Gasteiger partial charge in [-0.15, -0.1) is 0 Å². The highest BCUT2D eigenvalue weighted by atomic mass is 16.4. The summed E-state index contributed by atoms with van der Waals surface area (Å²) in [7, 11) is 0. The van der Waals surface area contributed by atoms with Crippen LogP contribution in [0, 0.1) is 46.3 Å². The molecular weight excluding hydrogens is 388 g/mol. The van der Waals surface area contributed by atoms with Crippen LogP contribution in [0.25, 0.3) is 0 Å². The monoisotopic (exact) mass is 432 g/mol. The van der Waals surface area contributed by atoms with Crippen molar-refractivity contribution in [3.05, 3.63) is 11.6 Å². The van der Waals surface area contributed by atoms with Crippen molar-refractivity contribution in [2.45, 2.75) is 104 Å². The largest absolute Gasteiger partial charge is 0.478 e. The van der Waals surface area contributed by atoms with Gasteiger partial charge in [-0.05, 0) is 117 Å². The van der Waals surface area contributed by atoms with Gasteiger partial charge >= 0.3 is 5.97 Å². The molecule has 0 spiro atoms. The van der Waals surface area contributed by atoms with E-state index in [4.69, 9.17) is 5.11 Å². The fraction of sp³-hybridized carbons (Fsp3) is 0.889. The minimum Gasteiger partial charge on any atom is -0.478 e. The van der Waals surface area contributed by atoms with Crippen molar-refractivity contribution in [3.63, 3.8) is 0 Å². The number of allylic oxidation sites excluding steroid dienone is 1. The van der Waals surface area contributed by atoms with Gasteiger partial charge in [-0.1, -0.05) is 26.8 Å². The molecule has 4 heteroatoms. The standard InChI is InChI=1S/C27H44O4/c1-16(6-5-7-17(2)25(30)31)21-10-11-22-20-9-8-18-14-19(28)12-13-26(18,3)23(20)15-24(29)27(21,22)4/h7,16,18-24,28-29H,5-6,8-15H2,1-4H3,(H,30,31)/b17-7+/t16-,18-,19-,20+,21-,22+,23+,24+,26+,27-/m1/s1. The molecule has 0 heterocycles. The van der Waals surface area contributed by atoms with Crippen molar-refractivity contribution in [3.8, 4) is 0 Å². The van der Waals surface area contributed by atoms with E-state index in [0.717, 1.165) is 44.4 Å². The van der Waals surface area contributed by atoms with Crippen molar-refractivity contribution >= 4 is 5.97 Å². The normalized spacial score (nSPS) is 48.5. The lowest BCUT2D eigenvalue weighted by Gasteiger charge is -2.62. The van der Waals surface area contributed by atoms with Crippen LogP contribution < -0.4 is 0 Å². The number of carboxylic acids is 1. The Morgan fingerprint density at radius 3 is 2.52 bits per heavy atom. The van der Waals surface area contributed by atoms with Crippen LogP contribution in [0.2, 0.25) is 0 Å². The first-order valence-electron chi connectivity index (χ1n) is 12.8. The van der Waals surface area contributed by atoms with Crippen LogP contribution in [0.15, 0.2) is 11.6 Å². The number of aliphatic hydroxyl groups excluding tert-OH is 2. The van der Waals surface area contributed by atoms with E-state index in [1.54, 1.807) is 6.92 Å². The van der Waals surface area contributed by atoms with Gasteiger partial charge < -0.3 is 15.3 Å². The highest BCUT2D eigenvalue weighted by molar-refractivity contribution is 5.85. The maximum Gasteiger partial charge on any atom is 0.330 e. The molecule has 0 bridgehead atoms. The lowest BCUT2D eigenvalue weighted by Crippen LogP contribution is -2.58. The molecule has 0 aromatic rings. The lowest BCUT2D eigenvalue weighted by molar-refractivity contribution is -0.174. The third-order valence-electron chi connectivity index (χ3n) is 10.9. The van der Waals surface area contributed by atoms with Crippen molar-refractivity contribution in [2.24, 2.45) is 46.3 Å². The van der Waals surface area contributed by atoms with Crippen LogP contribution >= 0.6 is 0 Å². The van der Waals surface area contributed by atoms with Crippen molar-refractivity contribution in [2.75, 3.05) is 0 Å². The summed E-state index contributed by atoms with van der Waals surface area (Å²) in [4.78, 5) is 11.1. The van der Waals surface area contributed by atoms with Gasteiger partial charge in [-0.3, -0.25) is 0 Å². The Morgan fingerprint density at radius 1 is 1.06 bits per heavy atom. The highest BCUT2D eigenvalue weighted by Gasteiger charge is 2.63. The molecule has 4 fully saturated rings. The second-order valence-corrected chi connectivity index (χ2v) is 12.1. The summed E-state index contributed by atoms with van der Waals surface area (Å²) in [6.45, 7) is 8.85. The maximum atomic E-state index is 11.6. The smallest absolute Gasteiger partial charge is 0.330 e. The number of aliphatic hydroxyl groups is 2. The molecule has 0 amide bonds. The third-order valence-corrected chi connectivity index (χ3v) is 10.9. The van der Waals surface area contributed by atoms with E-state index in [0.29, 0.717) is 35.2 Å². The Bertz CT molecular complexity index is 716.